The van der Waals surface area contributed by atoms with Crippen molar-refractivity contribution in [3.63, 3.8) is 0 Å². The summed E-state index contributed by atoms with van der Waals surface area (Å²) in [6.45, 7) is 1.98. The Balaban J connectivity index is 1.92. The van der Waals surface area contributed by atoms with Crippen LogP contribution in [0.1, 0.15) is 32.6 Å². The molecule has 0 aromatic carbocycles. The summed E-state index contributed by atoms with van der Waals surface area (Å²) >= 11 is 1.21. The summed E-state index contributed by atoms with van der Waals surface area (Å²) in [5.41, 5.74) is 0. The number of nitrogens with zero attached hydrogens (tertiary/aromatic N) is 1. The van der Waals surface area contributed by atoms with Crippen molar-refractivity contribution in [2.45, 2.75) is 38.6 Å². The summed E-state index contributed by atoms with van der Waals surface area (Å²) < 4.78 is 0. The molecule has 1 heterocycles. The van der Waals surface area contributed by atoms with Gasteiger partial charge in [-0.05, 0) is 18.3 Å². The lowest BCUT2D eigenvalue weighted by molar-refractivity contribution is -0.148. The first-order chi connectivity index (χ1) is 8.97. The van der Waals surface area contributed by atoms with Crippen LogP contribution in [0.2, 0.25) is 0 Å². The highest BCUT2D eigenvalue weighted by Crippen LogP contribution is 2.36. The Bertz CT molecular complexity index is 394. The van der Waals surface area contributed by atoms with Gasteiger partial charge in [-0.1, -0.05) is 24.6 Å². The van der Waals surface area contributed by atoms with Gasteiger partial charge in [0.2, 0.25) is 5.91 Å². The number of aliphatic carboxylic acids is 1. The average molecular weight is 285 g/mol. The Morgan fingerprint density at radius 2 is 2.11 bits per heavy atom. The second-order valence-corrected chi connectivity index (χ2v) is 6.65. The van der Waals surface area contributed by atoms with Crippen LogP contribution in [0.3, 0.4) is 0 Å². The number of hydrogen-bond acceptors (Lipinski definition) is 4. The first kappa shape index (κ1) is 14.4. The molecule has 5 nitrogen and oxygen atoms in total. The molecule has 1 aliphatic carbocycles. The maximum atomic E-state index is 11.9. The summed E-state index contributed by atoms with van der Waals surface area (Å²) in [5.74, 6) is 0.192. The molecule has 1 amide bonds. The number of carboxylic acids is 1. The molecule has 0 radical (unpaired) electrons. The summed E-state index contributed by atoms with van der Waals surface area (Å²) in [6.07, 6.45) is 3.10. The van der Waals surface area contributed by atoms with E-state index in [4.69, 9.17) is 0 Å². The largest absolute Gasteiger partial charge is 0.480 e. The zero-order valence-electron chi connectivity index (χ0n) is 11.0. The second kappa shape index (κ2) is 5.94. The van der Waals surface area contributed by atoms with E-state index in [9.17, 15) is 19.5 Å². The summed E-state index contributed by atoms with van der Waals surface area (Å²) in [6, 6.07) is -0.674. The summed E-state index contributed by atoms with van der Waals surface area (Å²) in [4.78, 5) is 35.7. The molecule has 19 heavy (non-hydrogen) atoms. The first-order valence-corrected chi connectivity index (χ1v) is 7.61. The van der Waals surface area contributed by atoms with E-state index >= 15 is 0 Å². The van der Waals surface area contributed by atoms with E-state index in [1.54, 1.807) is 0 Å². The van der Waals surface area contributed by atoms with E-state index in [-0.39, 0.29) is 16.9 Å². The Morgan fingerprint density at radius 3 is 2.63 bits per heavy atom. The molecule has 2 atom stereocenters. The Morgan fingerprint density at radius 1 is 1.42 bits per heavy atom. The molecule has 106 valence electrons. The van der Waals surface area contributed by atoms with Crippen LogP contribution in [0.4, 0.5) is 0 Å². The highest BCUT2D eigenvalue weighted by atomic mass is 32.2. The van der Waals surface area contributed by atoms with Gasteiger partial charge in [0.1, 0.15) is 6.04 Å². The minimum absolute atomic E-state index is 0.0404. The lowest BCUT2D eigenvalue weighted by atomic mass is 10.1. The molecule has 1 saturated carbocycles. The van der Waals surface area contributed by atoms with Crippen molar-refractivity contribution in [1.82, 2.24) is 4.90 Å². The minimum Gasteiger partial charge on any atom is -0.480 e. The zero-order valence-corrected chi connectivity index (χ0v) is 11.8. The molecule has 6 heteroatoms. The molecule has 1 unspecified atom stereocenters. The minimum atomic E-state index is -0.903. The number of hydrogen-bond donors (Lipinski definition) is 1. The van der Waals surface area contributed by atoms with Crippen molar-refractivity contribution in [3.05, 3.63) is 0 Å². The normalized spacial score (nSPS) is 24.6. The quantitative estimate of drug-likeness (QED) is 0.797. The third kappa shape index (κ3) is 3.96. The Labute approximate surface area is 116 Å². The van der Waals surface area contributed by atoms with Crippen LogP contribution in [0.5, 0.6) is 0 Å². The molecule has 0 spiro atoms. The van der Waals surface area contributed by atoms with Crippen molar-refractivity contribution >= 4 is 28.8 Å². The lowest BCUT2D eigenvalue weighted by Crippen LogP contribution is -2.42. The molecule has 2 aliphatic rings. The SMILES string of the molecule is CC(=O)SCC1CC(=O)N([C@@H](CC2CC2)C(=O)O)C1. The number of carboxylic acid groups (broad SMARTS) is 1. The molecule has 2 fully saturated rings. The molecular weight excluding hydrogens is 266 g/mol. The highest BCUT2D eigenvalue weighted by Gasteiger charge is 2.40. The number of carbonyl (C=O) groups excluding carboxylic acids is 2. The van der Waals surface area contributed by atoms with E-state index in [2.05, 4.69) is 0 Å². The van der Waals surface area contributed by atoms with Crippen molar-refractivity contribution in [1.29, 1.82) is 0 Å². The maximum absolute atomic E-state index is 11.9. The number of amides is 1. The number of likely N-dealkylation sites (tertiary alicyclic amines) is 1. The van der Waals surface area contributed by atoms with Crippen LogP contribution in [0, 0.1) is 11.8 Å². The predicted octanol–water partition coefficient (Wildman–Crippen LogP) is 1.37. The van der Waals surface area contributed by atoms with Gasteiger partial charge in [-0.2, -0.15) is 0 Å². The molecule has 0 aromatic heterocycles. The molecule has 0 aromatic rings. The second-order valence-electron chi connectivity index (χ2n) is 5.45. The molecular formula is C13H19NO4S. The van der Waals surface area contributed by atoms with Crippen LogP contribution in [0.25, 0.3) is 0 Å². The predicted molar refractivity (Wildman–Crippen MR) is 71.7 cm³/mol. The molecule has 1 aliphatic heterocycles. The van der Waals surface area contributed by atoms with Gasteiger partial charge in [0, 0.05) is 25.6 Å². The van der Waals surface area contributed by atoms with Gasteiger partial charge in [-0.15, -0.1) is 0 Å². The van der Waals surface area contributed by atoms with Crippen LogP contribution in [0.15, 0.2) is 0 Å². The first-order valence-electron chi connectivity index (χ1n) is 6.63. The van der Waals surface area contributed by atoms with E-state index in [1.807, 2.05) is 0 Å². The average Bonchev–Trinajstić information content (AvgIpc) is 3.07. The smallest absolute Gasteiger partial charge is 0.326 e. The fourth-order valence-electron chi connectivity index (χ4n) is 2.49. The zero-order chi connectivity index (χ0) is 14.0. The van der Waals surface area contributed by atoms with Gasteiger partial charge in [0.05, 0.1) is 0 Å². The van der Waals surface area contributed by atoms with Gasteiger partial charge in [-0.3, -0.25) is 9.59 Å². The van der Waals surface area contributed by atoms with Crippen LogP contribution in [-0.2, 0) is 14.4 Å². The van der Waals surface area contributed by atoms with Crippen LogP contribution < -0.4 is 0 Å². The fourth-order valence-corrected chi connectivity index (χ4v) is 3.18. The molecule has 2 rings (SSSR count). The molecule has 1 saturated heterocycles. The van der Waals surface area contributed by atoms with Crippen LogP contribution >= 0.6 is 11.8 Å². The maximum Gasteiger partial charge on any atom is 0.326 e. The molecule has 0 bridgehead atoms. The van der Waals surface area contributed by atoms with Gasteiger partial charge in [-0.25, -0.2) is 4.79 Å². The Hall–Kier alpha value is -1.04. The van der Waals surface area contributed by atoms with E-state index in [1.165, 1.54) is 23.6 Å². The number of carbonyl (C=O) groups is 3. The standard InChI is InChI=1S/C13H19NO4S/c1-8(15)19-7-10-5-12(16)14(6-10)11(13(17)18)4-9-2-3-9/h9-11H,2-7H2,1H3,(H,17,18)/t10?,11-/m0/s1. The van der Waals surface area contributed by atoms with E-state index < -0.39 is 12.0 Å². The number of rotatable bonds is 6. The molecule has 1 N–H and O–H groups in total. The van der Waals surface area contributed by atoms with Gasteiger partial charge in [0.15, 0.2) is 5.12 Å². The highest BCUT2D eigenvalue weighted by molar-refractivity contribution is 8.13. The summed E-state index contributed by atoms with van der Waals surface area (Å²) in [7, 11) is 0. The number of thioether (sulfide) groups is 1. The van der Waals surface area contributed by atoms with Crippen molar-refractivity contribution in [2.24, 2.45) is 11.8 Å². The van der Waals surface area contributed by atoms with Gasteiger partial charge >= 0.3 is 5.97 Å². The Kier molecular flexibility index (Phi) is 4.50. The lowest BCUT2D eigenvalue weighted by Gasteiger charge is -2.24. The third-order valence-corrected chi connectivity index (χ3v) is 4.72. The topological polar surface area (TPSA) is 74.7 Å². The van der Waals surface area contributed by atoms with E-state index in [0.29, 0.717) is 31.1 Å². The fraction of sp³-hybridized carbons (Fsp3) is 0.769. The monoisotopic (exact) mass is 285 g/mol. The van der Waals surface area contributed by atoms with Crippen molar-refractivity contribution < 1.29 is 19.5 Å². The van der Waals surface area contributed by atoms with Gasteiger partial charge < -0.3 is 10.0 Å². The van der Waals surface area contributed by atoms with Gasteiger partial charge in [0.25, 0.3) is 0 Å². The summed E-state index contributed by atoms with van der Waals surface area (Å²) in [5, 5.41) is 9.32. The van der Waals surface area contributed by atoms with Crippen molar-refractivity contribution in [2.75, 3.05) is 12.3 Å². The third-order valence-electron chi connectivity index (χ3n) is 3.68. The van der Waals surface area contributed by atoms with E-state index in [0.717, 1.165) is 12.8 Å². The van der Waals surface area contributed by atoms with Crippen molar-refractivity contribution in [3.8, 4) is 0 Å². The van der Waals surface area contributed by atoms with Crippen LogP contribution in [-0.4, -0.2) is 45.3 Å².